The van der Waals surface area contributed by atoms with E-state index in [1.165, 1.54) is 0 Å². The summed E-state index contributed by atoms with van der Waals surface area (Å²) in [7, 11) is 0. The fourth-order valence-electron chi connectivity index (χ4n) is 4.34. The van der Waals surface area contributed by atoms with Crippen molar-refractivity contribution in [1.82, 2.24) is 19.5 Å². The van der Waals surface area contributed by atoms with Crippen molar-refractivity contribution in [1.29, 1.82) is 0 Å². The predicted octanol–water partition coefficient (Wildman–Crippen LogP) is 3.72. The fraction of sp³-hybridized carbons (Fsp3) is 0.333. The number of benzene rings is 1. The molecule has 1 aromatic carbocycles. The lowest BCUT2D eigenvalue weighted by atomic mass is 9.97. The van der Waals surface area contributed by atoms with Gasteiger partial charge in [-0.05, 0) is 62.1 Å². The zero-order valence-electron chi connectivity index (χ0n) is 20.0. The van der Waals surface area contributed by atoms with Gasteiger partial charge in [0.2, 0.25) is 5.95 Å². The van der Waals surface area contributed by atoms with Gasteiger partial charge in [-0.2, -0.15) is 4.98 Å². The fourth-order valence-corrected chi connectivity index (χ4v) is 4.34. The van der Waals surface area contributed by atoms with Crippen molar-refractivity contribution in [3.63, 3.8) is 0 Å². The van der Waals surface area contributed by atoms with Crippen molar-refractivity contribution >= 4 is 17.0 Å². The van der Waals surface area contributed by atoms with Gasteiger partial charge in [0.25, 0.3) is 5.56 Å². The first-order valence-corrected chi connectivity index (χ1v) is 11.9. The van der Waals surface area contributed by atoms with Gasteiger partial charge in [0.15, 0.2) is 0 Å². The highest BCUT2D eigenvalue weighted by molar-refractivity contribution is 5.83. The lowest BCUT2D eigenvalue weighted by molar-refractivity contribution is 0.0208. The summed E-state index contributed by atoms with van der Waals surface area (Å²) < 4.78 is 6.93. The second-order valence-electron chi connectivity index (χ2n) is 8.99. The van der Waals surface area contributed by atoms with E-state index in [-0.39, 0.29) is 18.2 Å². The molecule has 1 fully saturated rings. The minimum absolute atomic E-state index is 0.0867. The van der Waals surface area contributed by atoms with Gasteiger partial charge in [-0.25, -0.2) is 4.98 Å². The average molecular weight is 472 g/mol. The van der Waals surface area contributed by atoms with Crippen molar-refractivity contribution in [2.75, 3.05) is 25.1 Å². The predicted molar refractivity (Wildman–Crippen MR) is 136 cm³/mol. The quantitative estimate of drug-likeness (QED) is 0.378. The Kier molecular flexibility index (Phi) is 6.57. The van der Waals surface area contributed by atoms with Gasteiger partial charge in [0.05, 0.1) is 24.9 Å². The first kappa shape index (κ1) is 23.1. The number of pyridine rings is 2. The van der Waals surface area contributed by atoms with Crippen LogP contribution < -0.4 is 10.9 Å². The molecule has 1 saturated heterocycles. The van der Waals surface area contributed by atoms with Crippen molar-refractivity contribution in [2.24, 2.45) is 0 Å². The number of unbranched alkanes of at least 4 members (excludes halogenated alkanes) is 1. The van der Waals surface area contributed by atoms with Crippen LogP contribution in [-0.2, 0) is 11.3 Å². The highest BCUT2D eigenvalue weighted by atomic mass is 16.5. The van der Waals surface area contributed by atoms with Crippen LogP contribution in [0.3, 0.4) is 0 Å². The largest absolute Gasteiger partial charge is 0.396 e. The molecule has 35 heavy (non-hydrogen) atoms. The number of rotatable bonds is 8. The maximum absolute atomic E-state index is 13.7. The lowest BCUT2D eigenvalue weighted by Gasteiger charge is -2.26. The monoisotopic (exact) mass is 471 g/mol. The summed E-state index contributed by atoms with van der Waals surface area (Å²) in [6.45, 7) is 5.79. The zero-order chi connectivity index (χ0) is 24.4. The first-order chi connectivity index (χ1) is 17.0. The van der Waals surface area contributed by atoms with Crippen molar-refractivity contribution in [3.8, 4) is 22.4 Å². The van der Waals surface area contributed by atoms with Gasteiger partial charge >= 0.3 is 0 Å². The van der Waals surface area contributed by atoms with Crippen LogP contribution in [0.25, 0.3) is 33.4 Å². The summed E-state index contributed by atoms with van der Waals surface area (Å²) >= 11 is 0. The molecule has 0 radical (unpaired) electrons. The summed E-state index contributed by atoms with van der Waals surface area (Å²) in [5, 5.41) is 13.3. The van der Waals surface area contributed by atoms with Crippen LogP contribution in [0.15, 0.2) is 53.5 Å². The Labute approximate surface area is 203 Å². The zero-order valence-corrected chi connectivity index (χ0v) is 20.0. The summed E-state index contributed by atoms with van der Waals surface area (Å²) in [6.07, 6.45) is 3.05. The number of hydrogen-bond donors (Lipinski definition) is 2. The smallest absolute Gasteiger partial charge is 0.260 e. The van der Waals surface area contributed by atoms with Crippen molar-refractivity contribution in [3.05, 3.63) is 70.3 Å². The number of aliphatic hydroxyl groups excluding tert-OH is 1. The molecule has 0 amide bonds. The SMILES string of the molecule is Cc1cccc(-c2ccc(-c3cc4cnc(NC5COC5)nc4n(CCCCO)c3=O)c(C)c2)n1. The van der Waals surface area contributed by atoms with E-state index in [4.69, 9.17) is 4.74 Å². The van der Waals surface area contributed by atoms with E-state index < -0.39 is 0 Å². The van der Waals surface area contributed by atoms with E-state index in [0.717, 1.165) is 33.5 Å². The molecule has 8 heteroatoms. The van der Waals surface area contributed by atoms with E-state index >= 15 is 0 Å². The number of fused-ring (bicyclic) bond motifs is 1. The number of aromatic nitrogens is 4. The van der Waals surface area contributed by atoms with Crippen molar-refractivity contribution in [2.45, 2.75) is 39.3 Å². The molecule has 5 rings (SSSR count). The first-order valence-electron chi connectivity index (χ1n) is 11.9. The minimum Gasteiger partial charge on any atom is -0.396 e. The van der Waals surface area contributed by atoms with E-state index in [2.05, 4.69) is 26.3 Å². The second kappa shape index (κ2) is 9.93. The van der Waals surface area contributed by atoms with Crippen LogP contribution in [0.1, 0.15) is 24.1 Å². The Hall–Kier alpha value is -3.62. The Morgan fingerprint density at radius 3 is 2.66 bits per heavy atom. The summed E-state index contributed by atoms with van der Waals surface area (Å²) in [5.74, 6) is 0.486. The molecule has 0 unspecified atom stereocenters. The van der Waals surface area contributed by atoms with Crippen LogP contribution >= 0.6 is 0 Å². The number of nitrogens with one attached hydrogen (secondary N) is 1. The van der Waals surface area contributed by atoms with Crippen LogP contribution in [0.2, 0.25) is 0 Å². The molecule has 1 aliphatic heterocycles. The molecular formula is C27H29N5O3. The highest BCUT2D eigenvalue weighted by Gasteiger charge is 2.20. The summed E-state index contributed by atoms with van der Waals surface area (Å²) in [4.78, 5) is 27.5. The van der Waals surface area contributed by atoms with Gasteiger partial charge in [-0.15, -0.1) is 0 Å². The minimum atomic E-state index is -0.100. The third kappa shape index (κ3) is 4.80. The molecule has 180 valence electrons. The molecule has 0 spiro atoms. The van der Waals surface area contributed by atoms with Crippen LogP contribution in [0.5, 0.6) is 0 Å². The molecule has 1 aliphatic rings. The molecule has 0 atom stereocenters. The maximum Gasteiger partial charge on any atom is 0.260 e. The number of anilines is 1. The highest BCUT2D eigenvalue weighted by Crippen LogP contribution is 2.28. The van der Waals surface area contributed by atoms with Gasteiger partial charge < -0.3 is 15.2 Å². The Morgan fingerprint density at radius 1 is 1.09 bits per heavy atom. The molecule has 0 bridgehead atoms. The summed E-state index contributed by atoms with van der Waals surface area (Å²) in [6, 6.07) is 14.1. The van der Waals surface area contributed by atoms with Gasteiger partial charge in [-0.1, -0.05) is 18.2 Å². The van der Waals surface area contributed by atoms with E-state index in [1.54, 1.807) is 10.8 Å². The molecule has 2 N–H and O–H groups in total. The van der Waals surface area contributed by atoms with Crippen LogP contribution in [0.4, 0.5) is 5.95 Å². The Balaban J connectivity index is 1.58. The number of ether oxygens (including phenoxy) is 1. The number of nitrogens with zero attached hydrogens (tertiary/aromatic N) is 4. The second-order valence-corrected chi connectivity index (χ2v) is 8.99. The molecule has 0 saturated carbocycles. The lowest BCUT2D eigenvalue weighted by Crippen LogP contribution is -2.40. The molecule has 4 heterocycles. The van der Waals surface area contributed by atoms with Gasteiger partial charge in [0, 0.05) is 41.6 Å². The molecular weight excluding hydrogens is 442 g/mol. The molecule has 8 nitrogen and oxygen atoms in total. The number of aliphatic hydroxyl groups is 1. The molecule has 4 aromatic rings. The third-order valence-electron chi connectivity index (χ3n) is 6.29. The standard InChI is InChI=1S/C27H29N5O3/c1-17-12-19(24-7-5-6-18(2)29-24)8-9-22(17)23-13-20-14-28-27(30-21-15-35-16-21)31-25(20)32(26(23)34)10-3-4-11-33/h5-9,12-14,21,33H,3-4,10-11,15-16H2,1-2H3,(H,28,30,31). The topological polar surface area (TPSA) is 102 Å². The Bertz CT molecular complexity index is 1430. The van der Waals surface area contributed by atoms with Crippen molar-refractivity contribution < 1.29 is 9.84 Å². The third-order valence-corrected chi connectivity index (χ3v) is 6.29. The molecule has 3 aromatic heterocycles. The van der Waals surface area contributed by atoms with E-state index in [0.29, 0.717) is 49.8 Å². The van der Waals surface area contributed by atoms with E-state index in [1.807, 2.05) is 50.2 Å². The average Bonchev–Trinajstić information content (AvgIpc) is 2.83. The van der Waals surface area contributed by atoms with Crippen LogP contribution in [-0.4, -0.2) is 50.5 Å². The number of hydrogen-bond acceptors (Lipinski definition) is 7. The van der Waals surface area contributed by atoms with Crippen LogP contribution in [0, 0.1) is 13.8 Å². The normalized spacial score (nSPS) is 13.7. The Morgan fingerprint density at radius 2 is 1.94 bits per heavy atom. The summed E-state index contributed by atoms with van der Waals surface area (Å²) in [5.41, 5.74) is 5.85. The number of aryl methyl sites for hydroxylation is 3. The molecule has 0 aliphatic carbocycles. The van der Waals surface area contributed by atoms with Gasteiger partial charge in [-0.3, -0.25) is 14.3 Å². The maximum atomic E-state index is 13.7. The van der Waals surface area contributed by atoms with E-state index in [9.17, 15) is 9.90 Å². The van der Waals surface area contributed by atoms with Gasteiger partial charge in [0.1, 0.15) is 5.65 Å².